The smallest absolute Gasteiger partial charge is 0.403 e. The molecule has 0 saturated heterocycles. The van der Waals surface area contributed by atoms with Crippen LogP contribution in [0.4, 0.5) is 23.2 Å². The van der Waals surface area contributed by atoms with Gasteiger partial charge < -0.3 is 20.3 Å². The minimum atomic E-state index is -4.96. The van der Waals surface area contributed by atoms with Crippen molar-refractivity contribution in [2.24, 2.45) is 0 Å². The van der Waals surface area contributed by atoms with Crippen LogP contribution in [0.3, 0.4) is 0 Å². The van der Waals surface area contributed by atoms with E-state index in [1.54, 1.807) is 0 Å². The molecule has 1 unspecified atom stereocenters. The first kappa shape index (κ1) is 15.5. The number of halogens is 4. The van der Waals surface area contributed by atoms with Gasteiger partial charge in [0.15, 0.2) is 11.6 Å². The molecule has 0 aromatic heterocycles. The number of aryl methyl sites for hydroxylation is 1. The molecule has 3 N–H and O–H groups in total. The van der Waals surface area contributed by atoms with Crippen molar-refractivity contribution in [2.75, 3.05) is 18.5 Å². The summed E-state index contributed by atoms with van der Waals surface area (Å²) in [6.45, 7) is 0.913. The molecule has 1 atom stereocenters. The number of hydrogen-bond donors (Lipinski definition) is 3. The zero-order valence-corrected chi connectivity index (χ0v) is 9.96. The van der Waals surface area contributed by atoms with Crippen LogP contribution in [-0.4, -0.2) is 35.8 Å². The van der Waals surface area contributed by atoms with Gasteiger partial charge in [-0.1, -0.05) is 0 Å². The van der Waals surface area contributed by atoms with Crippen molar-refractivity contribution in [3.05, 3.63) is 23.5 Å². The lowest BCUT2D eigenvalue weighted by Gasteiger charge is -2.15. The van der Waals surface area contributed by atoms with E-state index < -0.39 is 30.6 Å². The summed E-state index contributed by atoms with van der Waals surface area (Å²) in [7, 11) is 0. The lowest BCUT2D eigenvalue weighted by Crippen LogP contribution is -2.23. The average Bonchev–Trinajstić information content (AvgIpc) is 2.29. The molecule has 0 radical (unpaired) electrons. The number of benzene rings is 1. The number of ether oxygens (including phenoxy) is 1. The van der Waals surface area contributed by atoms with Crippen molar-refractivity contribution in [3.8, 4) is 5.75 Å². The third-order valence-corrected chi connectivity index (χ3v) is 2.24. The molecule has 4 nitrogen and oxygen atoms in total. The van der Waals surface area contributed by atoms with Gasteiger partial charge in [-0.25, -0.2) is 4.39 Å². The Morgan fingerprint density at radius 2 is 2.00 bits per heavy atom. The van der Waals surface area contributed by atoms with Gasteiger partial charge in [-0.2, -0.15) is 0 Å². The fraction of sp³-hybridized carbons (Fsp3) is 0.455. The molecular formula is C11H13F4NO3. The van der Waals surface area contributed by atoms with Crippen molar-refractivity contribution >= 4 is 5.69 Å². The first-order valence-corrected chi connectivity index (χ1v) is 5.31. The number of hydrogen-bond acceptors (Lipinski definition) is 4. The van der Waals surface area contributed by atoms with Gasteiger partial charge in [0.1, 0.15) is 0 Å². The molecule has 1 aromatic carbocycles. The van der Waals surface area contributed by atoms with Gasteiger partial charge in [0.2, 0.25) is 0 Å². The predicted octanol–water partition coefficient (Wildman–Crippen LogP) is 1.80. The van der Waals surface area contributed by atoms with Crippen LogP contribution in [-0.2, 0) is 0 Å². The molecule has 0 aliphatic rings. The highest BCUT2D eigenvalue weighted by molar-refractivity contribution is 5.54. The monoisotopic (exact) mass is 283 g/mol. The summed E-state index contributed by atoms with van der Waals surface area (Å²) in [5.74, 6) is -2.10. The normalized spacial score (nSPS) is 13.2. The summed E-state index contributed by atoms with van der Waals surface area (Å²) in [4.78, 5) is 0. The minimum Gasteiger partial charge on any atom is -0.403 e. The van der Waals surface area contributed by atoms with E-state index in [-0.39, 0.29) is 12.2 Å². The molecule has 1 aromatic rings. The van der Waals surface area contributed by atoms with Crippen LogP contribution in [0.15, 0.2) is 12.1 Å². The molecule has 0 saturated carbocycles. The average molecular weight is 283 g/mol. The Bertz CT molecular complexity index is 437. The Balaban J connectivity index is 2.85. The Kier molecular flexibility index (Phi) is 4.96. The molecule has 108 valence electrons. The van der Waals surface area contributed by atoms with Crippen LogP contribution < -0.4 is 10.1 Å². The van der Waals surface area contributed by atoms with Gasteiger partial charge in [0.25, 0.3) is 0 Å². The number of aliphatic hydroxyl groups is 2. The molecule has 1 rings (SSSR count). The van der Waals surface area contributed by atoms with Crippen LogP contribution in [0.2, 0.25) is 0 Å². The second-order valence-corrected chi connectivity index (χ2v) is 3.86. The number of rotatable bonds is 5. The molecule has 0 heterocycles. The molecular weight excluding hydrogens is 270 g/mol. The van der Waals surface area contributed by atoms with E-state index in [0.717, 1.165) is 12.1 Å². The standard InChI is InChI=1S/C11H13F4NO3/c1-6-2-10(19-11(13,14)15)8(12)3-9(6)16-4-7(18)5-17/h2-3,7,16-18H,4-5H2,1H3. The molecule has 8 heteroatoms. The Morgan fingerprint density at radius 1 is 1.37 bits per heavy atom. The highest BCUT2D eigenvalue weighted by Crippen LogP contribution is 2.30. The third-order valence-electron chi connectivity index (χ3n) is 2.24. The van der Waals surface area contributed by atoms with Gasteiger partial charge >= 0.3 is 6.36 Å². The number of aliphatic hydroxyl groups excluding tert-OH is 2. The molecule has 0 spiro atoms. The first-order valence-electron chi connectivity index (χ1n) is 5.31. The summed E-state index contributed by atoms with van der Waals surface area (Å²) < 4.78 is 52.9. The zero-order valence-electron chi connectivity index (χ0n) is 9.96. The molecule has 0 bridgehead atoms. The maximum atomic E-state index is 13.4. The van der Waals surface area contributed by atoms with Crippen molar-refractivity contribution in [3.63, 3.8) is 0 Å². The number of alkyl halides is 3. The number of nitrogens with one attached hydrogen (secondary N) is 1. The van der Waals surface area contributed by atoms with Crippen molar-refractivity contribution in [2.45, 2.75) is 19.4 Å². The van der Waals surface area contributed by atoms with Crippen molar-refractivity contribution in [1.29, 1.82) is 0 Å². The van der Waals surface area contributed by atoms with E-state index in [1.807, 2.05) is 0 Å². The zero-order chi connectivity index (χ0) is 14.6. The van der Waals surface area contributed by atoms with E-state index >= 15 is 0 Å². The lowest BCUT2D eigenvalue weighted by molar-refractivity contribution is -0.275. The minimum absolute atomic E-state index is 0.0593. The Morgan fingerprint density at radius 3 is 2.53 bits per heavy atom. The second-order valence-electron chi connectivity index (χ2n) is 3.86. The number of anilines is 1. The quantitative estimate of drug-likeness (QED) is 0.721. The maximum Gasteiger partial charge on any atom is 0.573 e. The van der Waals surface area contributed by atoms with E-state index in [0.29, 0.717) is 5.56 Å². The summed E-state index contributed by atoms with van der Waals surface area (Å²) >= 11 is 0. The second kappa shape index (κ2) is 6.07. The van der Waals surface area contributed by atoms with Crippen molar-refractivity contribution in [1.82, 2.24) is 0 Å². The molecule has 0 aliphatic heterocycles. The maximum absolute atomic E-state index is 13.4. The molecule has 0 aliphatic carbocycles. The van der Waals surface area contributed by atoms with Gasteiger partial charge in [0, 0.05) is 18.3 Å². The van der Waals surface area contributed by atoms with Crippen LogP contribution >= 0.6 is 0 Å². The fourth-order valence-corrected chi connectivity index (χ4v) is 1.34. The molecule has 19 heavy (non-hydrogen) atoms. The summed E-state index contributed by atoms with van der Waals surface area (Å²) in [6.07, 6.45) is -6.01. The van der Waals surface area contributed by atoms with E-state index in [1.165, 1.54) is 6.92 Å². The van der Waals surface area contributed by atoms with Crippen LogP contribution in [0.1, 0.15) is 5.56 Å². The predicted molar refractivity (Wildman–Crippen MR) is 59.4 cm³/mol. The topological polar surface area (TPSA) is 61.7 Å². The van der Waals surface area contributed by atoms with Crippen molar-refractivity contribution < 1.29 is 32.5 Å². The van der Waals surface area contributed by atoms with Gasteiger partial charge in [0.05, 0.1) is 12.7 Å². The largest absolute Gasteiger partial charge is 0.573 e. The van der Waals surface area contributed by atoms with Gasteiger partial charge in [-0.3, -0.25) is 0 Å². The van der Waals surface area contributed by atoms with Crippen LogP contribution in [0.25, 0.3) is 0 Å². The Labute approximate surface area is 106 Å². The Hall–Kier alpha value is -1.54. The summed E-state index contributed by atoms with van der Waals surface area (Å²) in [5, 5.41) is 20.3. The molecule has 0 fully saturated rings. The SMILES string of the molecule is Cc1cc(OC(F)(F)F)c(F)cc1NCC(O)CO. The van der Waals surface area contributed by atoms with Crippen LogP contribution in [0, 0.1) is 12.7 Å². The third kappa shape index (κ3) is 4.92. The highest BCUT2D eigenvalue weighted by Gasteiger charge is 2.32. The lowest BCUT2D eigenvalue weighted by atomic mass is 10.1. The van der Waals surface area contributed by atoms with E-state index in [9.17, 15) is 17.6 Å². The first-order chi connectivity index (χ1) is 8.73. The highest BCUT2D eigenvalue weighted by atomic mass is 19.4. The van der Waals surface area contributed by atoms with Gasteiger partial charge in [-0.05, 0) is 18.6 Å². The summed E-state index contributed by atoms with van der Waals surface area (Å²) in [5.41, 5.74) is 0.519. The van der Waals surface area contributed by atoms with Gasteiger partial charge in [-0.15, -0.1) is 13.2 Å². The van der Waals surface area contributed by atoms with Crippen LogP contribution in [0.5, 0.6) is 5.75 Å². The molecule has 0 amide bonds. The summed E-state index contributed by atoms with van der Waals surface area (Å²) in [6, 6.07) is 1.73. The fourth-order valence-electron chi connectivity index (χ4n) is 1.34. The van der Waals surface area contributed by atoms with E-state index in [4.69, 9.17) is 10.2 Å². The van der Waals surface area contributed by atoms with E-state index in [2.05, 4.69) is 10.1 Å².